The first-order valence-electron chi connectivity index (χ1n) is 17.8. The molecule has 0 aliphatic carbocycles. The molecule has 5 rings (SSSR count). The number of rotatable bonds is 15. The van der Waals surface area contributed by atoms with Crippen LogP contribution in [0.1, 0.15) is 19.4 Å². The molecular weight excluding hydrogens is 879 g/mol. The number of nitrogens with zero attached hydrogens (tertiary/aromatic N) is 4. The van der Waals surface area contributed by atoms with Gasteiger partial charge in [0.25, 0.3) is 11.8 Å². The monoisotopic (exact) mass is 918 g/mol. The fourth-order valence-electron chi connectivity index (χ4n) is 5.47. The maximum atomic E-state index is 13.1. The van der Waals surface area contributed by atoms with Crippen LogP contribution in [-0.4, -0.2) is 126 Å². The molecule has 0 radical (unpaired) electrons. The average molecular weight is 919 g/mol. The second kappa shape index (κ2) is 23.8. The Hall–Kier alpha value is -4.47. The molecule has 62 heavy (non-hydrogen) atoms. The molecule has 2 saturated heterocycles. The predicted molar refractivity (Wildman–Crippen MR) is 207 cm³/mol. The van der Waals surface area contributed by atoms with Crippen molar-refractivity contribution in [1.29, 1.82) is 0 Å². The molecule has 2 aliphatic heterocycles. The van der Waals surface area contributed by atoms with Crippen molar-refractivity contribution in [2.45, 2.75) is 44.6 Å². The van der Waals surface area contributed by atoms with E-state index in [1.807, 2.05) is 6.07 Å². The van der Waals surface area contributed by atoms with Crippen LogP contribution >= 0.6 is 0 Å². The maximum Gasteiger partial charge on any atom is 1.00 e. The summed E-state index contributed by atoms with van der Waals surface area (Å²) in [6.07, 6.45) is -0.828. The second-order valence-corrected chi connectivity index (χ2v) is 15.7. The van der Waals surface area contributed by atoms with Gasteiger partial charge in [-0.15, -0.1) is 0 Å². The Bertz CT molecular complexity index is 2300. The Kier molecular flexibility index (Phi) is 20.6. The standard InChI is InChI=1S/C22H24N4O8S.C14H18N4O6S.2Na/c1-15(23-22(30)34-14-16-8-4-2-5-9-16)20(28)25(17-10-6-3-7-11-17)13-19(27)24-18-12-26(21(18)29)35(31,32)33;1-9(15)13(20)17(10-5-3-2-4-6-10)8-12(19)16-11-7-18(14(11)21)25(22,23)24;;/h2-11,15,18H,12-14H2,1H3,(H,23,30)(H,24,27)(H,31,32,33);2-6,9,11H,7-8,15H2,1H3,(H,16,19)(H,22,23,24);;/q;;2*+1/p-2/t15-,18?;9-,11?;;/m11../s1. The Morgan fingerprint density at radius 1 is 0.694 bits per heavy atom. The number of hydrogen-bond donors (Lipinski definition) is 4. The van der Waals surface area contributed by atoms with E-state index in [1.165, 1.54) is 13.8 Å². The Balaban J connectivity index is 0.000000435. The van der Waals surface area contributed by atoms with E-state index >= 15 is 0 Å². The number of amides is 7. The fraction of sp³-hybridized carbons (Fsp3) is 0.306. The number of hydrogen-bond acceptors (Lipinski definition) is 15. The topological polar surface area (TPSA) is 318 Å². The molecular formula is C36H40N8Na2O14S2. The summed E-state index contributed by atoms with van der Waals surface area (Å²) in [5.41, 5.74) is 7.15. The maximum absolute atomic E-state index is 13.1. The fourth-order valence-corrected chi connectivity index (χ4v) is 6.83. The zero-order chi connectivity index (χ0) is 44.4. The molecule has 7 amide bonds. The number of nitrogens with one attached hydrogen (secondary N) is 3. The number of ether oxygens (including phenoxy) is 1. The molecule has 3 aromatic carbocycles. The minimum Gasteiger partial charge on any atom is -0.731 e. The third kappa shape index (κ3) is 15.1. The number of carbonyl (C=O) groups excluding carboxylic acids is 7. The Labute approximate surface area is 401 Å². The van der Waals surface area contributed by atoms with Crippen LogP contribution in [0.4, 0.5) is 16.2 Å². The van der Waals surface area contributed by atoms with Crippen molar-refractivity contribution >= 4 is 73.5 Å². The van der Waals surface area contributed by atoms with E-state index in [9.17, 15) is 59.5 Å². The summed E-state index contributed by atoms with van der Waals surface area (Å²) in [5.74, 6) is -4.63. The van der Waals surface area contributed by atoms with Crippen molar-refractivity contribution in [1.82, 2.24) is 24.6 Å². The van der Waals surface area contributed by atoms with Gasteiger partial charge in [0.2, 0.25) is 23.6 Å². The van der Waals surface area contributed by atoms with Gasteiger partial charge in [0.1, 0.15) is 37.8 Å². The van der Waals surface area contributed by atoms with Gasteiger partial charge < -0.3 is 45.3 Å². The van der Waals surface area contributed by atoms with Gasteiger partial charge in [0.05, 0.1) is 19.1 Å². The van der Waals surface area contributed by atoms with Crippen molar-refractivity contribution < 1.29 is 123 Å². The summed E-state index contributed by atoms with van der Waals surface area (Å²) < 4.78 is 70.4. The van der Waals surface area contributed by atoms with Crippen molar-refractivity contribution in [2.24, 2.45) is 5.73 Å². The average Bonchev–Trinajstić information content (AvgIpc) is 3.20. The van der Waals surface area contributed by atoms with Crippen LogP contribution in [0.2, 0.25) is 0 Å². The molecule has 5 N–H and O–H groups in total. The number of β-lactam (4-membered cyclic amide) rings is 2. The molecule has 26 heteroatoms. The molecule has 2 unspecified atom stereocenters. The van der Waals surface area contributed by atoms with Crippen LogP contribution in [0.25, 0.3) is 0 Å². The van der Waals surface area contributed by atoms with Crippen molar-refractivity contribution in [3.63, 3.8) is 0 Å². The van der Waals surface area contributed by atoms with Crippen LogP contribution in [0.15, 0.2) is 91.0 Å². The first-order chi connectivity index (χ1) is 28.2. The Morgan fingerprint density at radius 2 is 1.06 bits per heavy atom. The SMILES string of the molecule is C[C@@H](N)C(=O)N(CC(=O)NC1CN(S(=O)(=O)[O-])C1=O)c1ccccc1.C[C@@H](NC(=O)OCc1ccccc1)C(=O)N(CC(=O)NC1CN(S(=O)(=O)[O-])C1=O)c1ccccc1.[Na+].[Na+]. The number of nitrogens with two attached hydrogens (primary N) is 1. The number of benzene rings is 3. The van der Waals surface area contributed by atoms with E-state index in [-0.39, 0.29) is 74.3 Å². The van der Waals surface area contributed by atoms with Crippen molar-refractivity contribution in [3.8, 4) is 0 Å². The van der Waals surface area contributed by atoms with Crippen LogP contribution < -0.4 is 90.6 Å². The van der Waals surface area contributed by atoms with Gasteiger partial charge in [0, 0.05) is 11.4 Å². The normalized spacial score (nSPS) is 16.4. The molecule has 0 saturated carbocycles. The third-order valence-corrected chi connectivity index (χ3v) is 10.3. The van der Waals surface area contributed by atoms with Crippen molar-refractivity contribution in [3.05, 3.63) is 96.6 Å². The Morgan fingerprint density at radius 3 is 1.42 bits per heavy atom. The summed E-state index contributed by atoms with van der Waals surface area (Å²) >= 11 is 0. The number of anilines is 2. The van der Waals surface area contributed by atoms with Crippen LogP contribution in [0, 0.1) is 0 Å². The van der Waals surface area contributed by atoms with E-state index < -0.39 is 112 Å². The van der Waals surface area contributed by atoms with Gasteiger partial charge in [-0.25, -0.2) is 30.2 Å². The molecule has 0 spiro atoms. The molecule has 2 aliphatic rings. The van der Waals surface area contributed by atoms with Gasteiger partial charge in [-0.2, -0.15) is 0 Å². The van der Waals surface area contributed by atoms with E-state index in [4.69, 9.17) is 10.5 Å². The molecule has 2 fully saturated rings. The van der Waals surface area contributed by atoms with Gasteiger partial charge in [0.15, 0.2) is 20.6 Å². The largest absolute Gasteiger partial charge is 1.00 e. The molecule has 0 aromatic heterocycles. The van der Waals surface area contributed by atoms with Crippen LogP contribution in [0.5, 0.6) is 0 Å². The third-order valence-electron chi connectivity index (χ3n) is 8.57. The minimum absolute atomic E-state index is 0. The van der Waals surface area contributed by atoms with E-state index in [2.05, 4.69) is 16.0 Å². The first-order valence-corrected chi connectivity index (χ1v) is 20.5. The quantitative estimate of drug-likeness (QED) is 0.0625. The molecule has 0 bridgehead atoms. The molecule has 22 nitrogen and oxygen atoms in total. The molecule has 2 heterocycles. The molecule has 3 aromatic rings. The number of alkyl carbamates (subject to hydrolysis) is 1. The smallest absolute Gasteiger partial charge is 0.731 e. The van der Waals surface area contributed by atoms with Gasteiger partial charge in [-0.05, 0) is 43.7 Å². The van der Waals surface area contributed by atoms with Gasteiger partial charge in [-0.3, -0.25) is 28.8 Å². The predicted octanol–water partition coefficient (Wildman–Crippen LogP) is -7.72. The van der Waals surface area contributed by atoms with Crippen molar-refractivity contribution in [2.75, 3.05) is 36.0 Å². The van der Waals surface area contributed by atoms with Gasteiger partial charge in [-0.1, -0.05) is 66.7 Å². The summed E-state index contributed by atoms with van der Waals surface area (Å²) in [6.45, 7) is 1.06. The zero-order valence-electron chi connectivity index (χ0n) is 33.9. The minimum atomic E-state index is -4.94. The van der Waals surface area contributed by atoms with Crippen LogP contribution in [0.3, 0.4) is 0 Å². The van der Waals surface area contributed by atoms with Gasteiger partial charge >= 0.3 is 65.2 Å². The van der Waals surface area contributed by atoms with E-state index in [0.29, 0.717) is 11.4 Å². The first kappa shape index (κ1) is 53.7. The number of para-hydroxylation sites is 2. The van der Waals surface area contributed by atoms with E-state index in [1.54, 1.807) is 84.9 Å². The zero-order valence-corrected chi connectivity index (χ0v) is 39.5. The molecule has 4 atom stereocenters. The number of carbonyl (C=O) groups is 7. The van der Waals surface area contributed by atoms with Crippen LogP contribution in [-0.2, 0) is 60.7 Å². The second-order valence-electron chi connectivity index (χ2n) is 13.1. The summed E-state index contributed by atoms with van der Waals surface area (Å²) in [6, 6.07) is 21.2. The summed E-state index contributed by atoms with van der Waals surface area (Å²) in [4.78, 5) is 87.7. The molecule has 322 valence electrons. The summed E-state index contributed by atoms with van der Waals surface area (Å²) in [5, 5.41) is 7.02. The van der Waals surface area contributed by atoms with E-state index in [0.717, 1.165) is 15.4 Å². The summed E-state index contributed by atoms with van der Waals surface area (Å²) in [7, 11) is -9.82.